The summed E-state index contributed by atoms with van der Waals surface area (Å²) in [7, 11) is 1.73. The third kappa shape index (κ3) is 3.46. The Morgan fingerprint density at radius 2 is 1.72 bits per heavy atom. The number of hydrogen-bond acceptors (Lipinski definition) is 3. The molecule has 1 aromatic rings. The van der Waals surface area contributed by atoms with Crippen molar-refractivity contribution in [2.24, 2.45) is 7.05 Å². The molecule has 0 atom stereocenters. The first kappa shape index (κ1) is 16.7. The number of aromatic nitrogens is 3. The van der Waals surface area contributed by atoms with E-state index in [1.807, 2.05) is 9.47 Å². The zero-order valence-corrected chi connectivity index (χ0v) is 15.1. The molecule has 25 heavy (non-hydrogen) atoms. The van der Waals surface area contributed by atoms with Crippen molar-refractivity contribution in [3.8, 4) is 0 Å². The molecular weight excluding hydrogens is 318 g/mol. The van der Waals surface area contributed by atoms with Gasteiger partial charge in [-0.1, -0.05) is 19.3 Å². The summed E-state index contributed by atoms with van der Waals surface area (Å²) in [6.45, 7) is 1.50. The van der Waals surface area contributed by atoms with Gasteiger partial charge in [0.25, 0.3) is 0 Å². The van der Waals surface area contributed by atoms with Gasteiger partial charge in [-0.3, -0.25) is 4.57 Å². The highest BCUT2D eigenvalue weighted by Crippen LogP contribution is 2.37. The van der Waals surface area contributed by atoms with Crippen LogP contribution in [0.2, 0.25) is 0 Å². The molecule has 0 spiro atoms. The molecule has 0 aromatic carbocycles. The molecule has 0 radical (unpaired) electrons. The molecule has 2 amide bonds. The largest absolute Gasteiger partial charge is 0.345 e. The number of piperidine rings is 1. The van der Waals surface area contributed by atoms with Crippen LogP contribution in [-0.2, 0) is 7.05 Å². The van der Waals surface area contributed by atoms with Crippen LogP contribution in [0.3, 0.4) is 0 Å². The topological polar surface area (TPSA) is 72.2 Å². The minimum atomic E-state index is 0.00923. The fourth-order valence-corrected chi connectivity index (χ4v) is 4.31. The first-order valence-corrected chi connectivity index (χ1v) is 9.84. The smallest absolute Gasteiger partial charge is 0.335 e. The Labute approximate surface area is 148 Å². The summed E-state index contributed by atoms with van der Waals surface area (Å²) in [5.74, 6) is 1.22. The van der Waals surface area contributed by atoms with Gasteiger partial charge < -0.3 is 10.2 Å². The summed E-state index contributed by atoms with van der Waals surface area (Å²) in [6.07, 6.45) is 9.93. The van der Waals surface area contributed by atoms with Gasteiger partial charge in [-0.2, -0.15) is 5.10 Å². The van der Waals surface area contributed by atoms with Gasteiger partial charge in [-0.05, 0) is 38.5 Å². The van der Waals surface area contributed by atoms with E-state index in [1.54, 1.807) is 7.05 Å². The lowest BCUT2D eigenvalue weighted by molar-refractivity contribution is 0.173. The Hall–Kier alpha value is -1.79. The van der Waals surface area contributed by atoms with Gasteiger partial charge in [0.15, 0.2) is 0 Å². The summed E-state index contributed by atoms with van der Waals surface area (Å²) in [4.78, 5) is 26.7. The lowest BCUT2D eigenvalue weighted by Gasteiger charge is -2.33. The van der Waals surface area contributed by atoms with Crippen LogP contribution in [0.5, 0.6) is 0 Å². The van der Waals surface area contributed by atoms with Crippen molar-refractivity contribution < 1.29 is 4.79 Å². The number of amides is 2. The molecule has 0 bridgehead atoms. The van der Waals surface area contributed by atoms with Gasteiger partial charge in [0, 0.05) is 38.1 Å². The molecule has 4 rings (SSSR count). The molecule has 0 unspecified atom stereocenters. The SMILES string of the molecule is Cn1nc(C2CCN(C(=O)NC3CCCCC3)CC2)n(C2CC2)c1=O. The highest BCUT2D eigenvalue weighted by Gasteiger charge is 2.34. The van der Waals surface area contributed by atoms with Crippen LogP contribution in [0.4, 0.5) is 4.79 Å². The van der Waals surface area contributed by atoms with E-state index in [0.717, 1.165) is 57.4 Å². The van der Waals surface area contributed by atoms with E-state index in [4.69, 9.17) is 0 Å². The second-order valence-electron chi connectivity index (χ2n) is 7.91. The predicted molar refractivity (Wildman–Crippen MR) is 94.7 cm³/mol. The summed E-state index contributed by atoms with van der Waals surface area (Å²) in [5, 5.41) is 7.71. The second-order valence-corrected chi connectivity index (χ2v) is 7.91. The molecule has 1 aromatic heterocycles. The lowest BCUT2D eigenvalue weighted by atomic mass is 9.95. The number of carbonyl (C=O) groups is 1. The number of nitrogens with one attached hydrogen (secondary N) is 1. The fourth-order valence-electron chi connectivity index (χ4n) is 4.31. The number of carbonyl (C=O) groups excluding carboxylic acids is 1. The maximum Gasteiger partial charge on any atom is 0.345 e. The van der Waals surface area contributed by atoms with Crippen LogP contribution in [-0.4, -0.2) is 44.4 Å². The lowest BCUT2D eigenvalue weighted by Crippen LogP contribution is -2.48. The molecule has 3 fully saturated rings. The number of hydrogen-bond donors (Lipinski definition) is 1. The predicted octanol–water partition coefficient (Wildman–Crippen LogP) is 2.14. The van der Waals surface area contributed by atoms with Crippen molar-refractivity contribution in [2.45, 2.75) is 75.8 Å². The summed E-state index contributed by atoms with van der Waals surface area (Å²) in [6, 6.07) is 0.796. The Bertz CT molecular complexity index is 676. The van der Waals surface area contributed by atoms with Crippen LogP contribution in [0.25, 0.3) is 0 Å². The van der Waals surface area contributed by atoms with E-state index in [9.17, 15) is 9.59 Å². The van der Waals surface area contributed by atoms with Crippen LogP contribution >= 0.6 is 0 Å². The van der Waals surface area contributed by atoms with Crippen molar-refractivity contribution in [3.63, 3.8) is 0 Å². The van der Waals surface area contributed by atoms with Crippen molar-refractivity contribution >= 4 is 6.03 Å². The minimum absolute atomic E-state index is 0.00923. The maximum atomic E-state index is 12.5. The summed E-state index contributed by atoms with van der Waals surface area (Å²) < 4.78 is 3.37. The number of urea groups is 1. The Morgan fingerprint density at radius 3 is 2.36 bits per heavy atom. The van der Waals surface area contributed by atoms with Gasteiger partial charge in [-0.15, -0.1) is 0 Å². The van der Waals surface area contributed by atoms with E-state index in [-0.39, 0.29) is 17.6 Å². The molecule has 1 N–H and O–H groups in total. The van der Waals surface area contributed by atoms with Crippen molar-refractivity contribution in [2.75, 3.05) is 13.1 Å². The van der Waals surface area contributed by atoms with Crippen molar-refractivity contribution in [1.82, 2.24) is 24.6 Å². The molecule has 1 aliphatic heterocycles. The standard InChI is InChI=1S/C18H29N5O2/c1-21-18(25)23(15-7-8-15)16(20-21)13-9-11-22(12-10-13)17(24)19-14-5-3-2-4-6-14/h13-15H,2-12H2,1H3,(H,19,24). The van der Waals surface area contributed by atoms with E-state index in [0.29, 0.717) is 12.1 Å². The third-order valence-corrected chi connectivity index (χ3v) is 5.97. The van der Waals surface area contributed by atoms with Gasteiger partial charge in [0.1, 0.15) is 5.82 Å². The highest BCUT2D eigenvalue weighted by atomic mass is 16.2. The van der Waals surface area contributed by atoms with E-state index >= 15 is 0 Å². The van der Waals surface area contributed by atoms with Crippen molar-refractivity contribution in [1.29, 1.82) is 0 Å². The molecule has 1 saturated heterocycles. The van der Waals surface area contributed by atoms with Gasteiger partial charge in [0.2, 0.25) is 0 Å². The Morgan fingerprint density at radius 1 is 1.04 bits per heavy atom. The van der Waals surface area contributed by atoms with E-state index in [2.05, 4.69) is 10.4 Å². The maximum absolute atomic E-state index is 12.5. The minimum Gasteiger partial charge on any atom is -0.335 e. The third-order valence-electron chi connectivity index (χ3n) is 5.97. The monoisotopic (exact) mass is 347 g/mol. The molecule has 7 nitrogen and oxygen atoms in total. The van der Waals surface area contributed by atoms with E-state index in [1.165, 1.54) is 23.9 Å². The first-order valence-electron chi connectivity index (χ1n) is 9.84. The number of likely N-dealkylation sites (tertiary alicyclic amines) is 1. The highest BCUT2D eigenvalue weighted by molar-refractivity contribution is 5.74. The molecule has 7 heteroatoms. The van der Waals surface area contributed by atoms with E-state index < -0.39 is 0 Å². The Balaban J connectivity index is 1.36. The number of aryl methyl sites for hydroxylation is 1. The van der Waals surface area contributed by atoms with Gasteiger partial charge in [0.05, 0.1) is 0 Å². The zero-order chi connectivity index (χ0) is 17.4. The first-order chi connectivity index (χ1) is 12.1. The van der Waals surface area contributed by atoms with Crippen molar-refractivity contribution in [3.05, 3.63) is 16.3 Å². The number of nitrogens with zero attached hydrogens (tertiary/aromatic N) is 4. The van der Waals surface area contributed by atoms with Gasteiger partial charge >= 0.3 is 11.7 Å². The molecule has 138 valence electrons. The molecule has 3 aliphatic rings. The molecule has 2 heterocycles. The molecule has 2 aliphatic carbocycles. The average Bonchev–Trinajstić information content (AvgIpc) is 3.42. The molecule has 2 saturated carbocycles. The quantitative estimate of drug-likeness (QED) is 0.910. The fraction of sp³-hybridized carbons (Fsp3) is 0.833. The van der Waals surface area contributed by atoms with Crippen LogP contribution in [0.1, 0.15) is 75.6 Å². The molecular formula is C18H29N5O2. The van der Waals surface area contributed by atoms with Crippen LogP contribution < -0.4 is 11.0 Å². The zero-order valence-electron chi connectivity index (χ0n) is 15.1. The number of rotatable bonds is 3. The summed E-state index contributed by atoms with van der Waals surface area (Å²) in [5.41, 5.74) is 0.00923. The average molecular weight is 347 g/mol. The van der Waals surface area contributed by atoms with Gasteiger partial charge in [-0.25, -0.2) is 14.3 Å². The normalized spacial score (nSPS) is 23.0. The van der Waals surface area contributed by atoms with Crippen LogP contribution in [0, 0.1) is 0 Å². The summed E-state index contributed by atoms with van der Waals surface area (Å²) >= 11 is 0. The second kappa shape index (κ2) is 6.84. The van der Waals surface area contributed by atoms with Crippen LogP contribution in [0.15, 0.2) is 4.79 Å². The Kier molecular flexibility index (Phi) is 4.56.